The number of benzene rings is 1. The Bertz CT molecular complexity index is 318. The number of aryl methyl sites for hydroxylation is 1. The Kier molecular flexibility index (Phi) is 7.30. The summed E-state index contributed by atoms with van der Waals surface area (Å²) in [5, 5.41) is 0. The monoisotopic (exact) mass is 246 g/mol. The highest BCUT2D eigenvalue weighted by Gasteiger charge is 2.08. The minimum Gasteiger partial charge on any atom is -0.330 e. The van der Waals surface area contributed by atoms with Crippen molar-refractivity contribution in [2.75, 3.05) is 6.54 Å². The van der Waals surface area contributed by atoms with E-state index in [1.165, 1.54) is 12.1 Å². The van der Waals surface area contributed by atoms with Crippen LogP contribution in [0.5, 0.6) is 0 Å². The fourth-order valence-electron chi connectivity index (χ4n) is 1.72. The molecule has 1 aromatic rings. The maximum Gasteiger partial charge on any atom is 0.123 e. The number of hydrogen-bond acceptors (Lipinski definition) is 2. The summed E-state index contributed by atoms with van der Waals surface area (Å²) >= 11 is 0. The molecule has 0 bridgehead atoms. The van der Waals surface area contributed by atoms with E-state index in [1.807, 2.05) is 6.92 Å². The van der Waals surface area contributed by atoms with E-state index in [0.29, 0.717) is 6.54 Å². The number of nitrogens with two attached hydrogens (primary N) is 2. The summed E-state index contributed by atoms with van der Waals surface area (Å²) in [5.41, 5.74) is 13.4. The SMILES string of the molecule is Cc1cc(F)ccc1[C@H](N)CCCCN.Cl. The van der Waals surface area contributed by atoms with E-state index in [1.54, 1.807) is 6.07 Å². The first kappa shape index (κ1) is 15.4. The summed E-state index contributed by atoms with van der Waals surface area (Å²) in [6.45, 7) is 2.59. The maximum absolute atomic E-state index is 12.9. The first-order valence-corrected chi connectivity index (χ1v) is 5.37. The molecule has 0 heterocycles. The fraction of sp³-hybridized carbons (Fsp3) is 0.500. The zero-order chi connectivity index (χ0) is 11.3. The highest BCUT2D eigenvalue weighted by atomic mass is 35.5. The van der Waals surface area contributed by atoms with Crippen molar-refractivity contribution in [2.24, 2.45) is 11.5 Å². The molecule has 0 aliphatic rings. The fourth-order valence-corrected chi connectivity index (χ4v) is 1.72. The van der Waals surface area contributed by atoms with Gasteiger partial charge in [-0.1, -0.05) is 12.5 Å². The van der Waals surface area contributed by atoms with E-state index < -0.39 is 0 Å². The second kappa shape index (κ2) is 7.60. The molecule has 0 unspecified atom stereocenters. The average Bonchev–Trinajstić information content (AvgIpc) is 2.17. The second-order valence-electron chi connectivity index (χ2n) is 3.89. The quantitative estimate of drug-likeness (QED) is 0.785. The smallest absolute Gasteiger partial charge is 0.123 e. The molecule has 92 valence electrons. The number of halogens is 2. The van der Waals surface area contributed by atoms with E-state index in [2.05, 4.69) is 0 Å². The Labute approximate surface area is 103 Å². The molecular formula is C12H20ClFN2. The predicted octanol–water partition coefficient (Wildman–Crippen LogP) is 2.68. The van der Waals surface area contributed by atoms with E-state index in [0.717, 1.165) is 30.4 Å². The Balaban J connectivity index is 0.00000225. The number of hydrogen-bond donors (Lipinski definition) is 2. The summed E-state index contributed by atoms with van der Waals surface area (Å²) in [6.07, 6.45) is 2.92. The Morgan fingerprint density at radius 2 is 2.00 bits per heavy atom. The summed E-state index contributed by atoms with van der Waals surface area (Å²) < 4.78 is 12.9. The van der Waals surface area contributed by atoms with Crippen LogP contribution >= 0.6 is 12.4 Å². The summed E-state index contributed by atoms with van der Waals surface area (Å²) in [6, 6.07) is 4.76. The normalized spacial score (nSPS) is 12.0. The van der Waals surface area contributed by atoms with Gasteiger partial charge >= 0.3 is 0 Å². The van der Waals surface area contributed by atoms with Gasteiger partial charge < -0.3 is 11.5 Å². The second-order valence-corrected chi connectivity index (χ2v) is 3.89. The first-order chi connectivity index (χ1) is 7.15. The Morgan fingerprint density at radius 3 is 2.56 bits per heavy atom. The van der Waals surface area contributed by atoms with Crippen molar-refractivity contribution in [3.8, 4) is 0 Å². The zero-order valence-electron chi connectivity index (χ0n) is 9.58. The molecular weight excluding hydrogens is 227 g/mol. The molecule has 0 aliphatic heterocycles. The van der Waals surface area contributed by atoms with Crippen molar-refractivity contribution < 1.29 is 4.39 Å². The van der Waals surface area contributed by atoms with Crippen LogP contribution in [0, 0.1) is 12.7 Å². The molecule has 0 saturated carbocycles. The summed E-state index contributed by atoms with van der Waals surface area (Å²) in [5.74, 6) is -0.203. The van der Waals surface area contributed by atoms with Gasteiger partial charge in [0.2, 0.25) is 0 Å². The minimum absolute atomic E-state index is 0. The lowest BCUT2D eigenvalue weighted by molar-refractivity contribution is 0.584. The largest absolute Gasteiger partial charge is 0.330 e. The topological polar surface area (TPSA) is 52.0 Å². The Morgan fingerprint density at radius 1 is 1.31 bits per heavy atom. The highest BCUT2D eigenvalue weighted by Crippen LogP contribution is 2.20. The highest BCUT2D eigenvalue weighted by molar-refractivity contribution is 5.85. The third-order valence-corrected chi connectivity index (χ3v) is 2.60. The lowest BCUT2D eigenvalue weighted by Gasteiger charge is -2.14. The van der Waals surface area contributed by atoms with Gasteiger partial charge in [0.05, 0.1) is 0 Å². The average molecular weight is 247 g/mol. The van der Waals surface area contributed by atoms with Crippen LogP contribution in [0.4, 0.5) is 4.39 Å². The molecule has 1 aromatic carbocycles. The molecule has 2 nitrogen and oxygen atoms in total. The number of unbranched alkanes of at least 4 members (excludes halogenated alkanes) is 1. The first-order valence-electron chi connectivity index (χ1n) is 5.37. The van der Waals surface area contributed by atoms with Gasteiger partial charge in [-0.2, -0.15) is 0 Å². The van der Waals surface area contributed by atoms with Crippen LogP contribution < -0.4 is 11.5 Å². The predicted molar refractivity (Wildman–Crippen MR) is 68.2 cm³/mol. The lowest BCUT2D eigenvalue weighted by Crippen LogP contribution is -2.12. The maximum atomic E-state index is 12.9. The van der Waals surface area contributed by atoms with Gasteiger partial charge in [0.25, 0.3) is 0 Å². The van der Waals surface area contributed by atoms with Gasteiger partial charge in [-0.05, 0) is 49.6 Å². The van der Waals surface area contributed by atoms with E-state index in [9.17, 15) is 4.39 Å². The molecule has 4 N–H and O–H groups in total. The lowest BCUT2D eigenvalue weighted by atomic mass is 9.97. The molecule has 0 saturated heterocycles. The summed E-state index contributed by atoms with van der Waals surface area (Å²) in [4.78, 5) is 0. The van der Waals surface area contributed by atoms with Crippen LogP contribution in [0.25, 0.3) is 0 Å². The molecule has 0 aliphatic carbocycles. The molecule has 0 amide bonds. The zero-order valence-corrected chi connectivity index (χ0v) is 10.4. The molecule has 0 fully saturated rings. The van der Waals surface area contributed by atoms with Crippen LogP contribution in [0.3, 0.4) is 0 Å². The van der Waals surface area contributed by atoms with E-state index in [-0.39, 0.29) is 24.3 Å². The molecule has 0 aromatic heterocycles. The van der Waals surface area contributed by atoms with Crippen molar-refractivity contribution >= 4 is 12.4 Å². The van der Waals surface area contributed by atoms with Crippen molar-refractivity contribution in [1.29, 1.82) is 0 Å². The third kappa shape index (κ3) is 4.47. The van der Waals surface area contributed by atoms with Crippen LogP contribution in [-0.2, 0) is 0 Å². The van der Waals surface area contributed by atoms with Crippen LogP contribution in [0.15, 0.2) is 18.2 Å². The van der Waals surface area contributed by atoms with Gasteiger partial charge in [-0.15, -0.1) is 12.4 Å². The van der Waals surface area contributed by atoms with Crippen molar-refractivity contribution in [1.82, 2.24) is 0 Å². The molecule has 16 heavy (non-hydrogen) atoms. The van der Waals surface area contributed by atoms with E-state index >= 15 is 0 Å². The van der Waals surface area contributed by atoms with Crippen molar-refractivity contribution in [3.05, 3.63) is 35.1 Å². The van der Waals surface area contributed by atoms with Gasteiger partial charge in [0.15, 0.2) is 0 Å². The van der Waals surface area contributed by atoms with Crippen molar-refractivity contribution in [3.63, 3.8) is 0 Å². The van der Waals surface area contributed by atoms with Crippen LogP contribution in [0.2, 0.25) is 0 Å². The number of rotatable bonds is 5. The summed E-state index contributed by atoms with van der Waals surface area (Å²) in [7, 11) is 0. The molecule has 4 heteroatoms. The van der Waals surface area contributed by atoms with Crippen LogP contribution in [-0.4, -0.2) is 6.54 Å². The van der Waals surface area contributed by atoms with Crippen LogP contribution in [0.1, 0.15) is 36.4 Å². The van der Waals surface area contributed by atoms with Crippen molar-refractivity contribution in [2.45, 2.75) is 32.2 Å². The third-order valence-electron chi connectivity index (χ3n) is 2.60. The standard InChI is InChI=1S/C12H19FN2.ClH/c1-9-8-10(13)5-6-11(9)12(15)4-2-3-7-14;/h5-6,8,12H,2-4,7,14-15H2,1H3;1H/t12-;/m1./s1. The van der Waals surface area contributed by atoms with Gasteiger partial charge in [-0.3, -0.25) is 0 Å². The Hall–Kier alpha value is -0.640. The van der Waals surface area contributed by atoms with E-state index in [4.69, 9.17) is 11.5 Å². The minimum atomic E-state index is -0.203. The van der Waals surface area contributed by atoms with Gasteiger partial charge in [0, 0.05) is 6.04 Å². The molecule has 1 atom stereocenters. The molecule has 0 radical (unpaired) electrons. The molecule has 0 spiro atoms. The van der Waals surface area contributed by atoms with Gasteiger partial charge in [-0.25, -0.2) is 4.39 Å². The van der Waals surface area contributed by atoms with Gasteiger partial charge in [0.1, 0.15) is 5.82 Å². The molecule has 1 rings (SSSR count).